The first-order chi connectivity index (χ1) is 16.4. The largest absolute Gasteiger partial charge is 0.490 e. The van der Waals surface area contributed by atoms with Crippen molar-refractivity contribution in [3.05, 3.63) is 63.0 Å². The number of benzene rings is 2. The van der Waals surface area contributed by atoms with E-state index < -0.39 is 5.97 Å². The molecule has 1 fully saturated rings. The highest BCUT2D eigenvalue weighted by Gasteiger charge is 2.31. The van der Waals surface area contributed by atoms with E-state index in [0.29, 0.717) is 53.3 Å². The lowest BCUT2D eigenvalue weighted by Crippen LogP contribution is -2.29. The molecular formula is C25H26BrNO5S2. The van der Waals surface area contributed by atoms with E-state index in [2.05, 4.69) is 15.9 Å². The van der Waals surface area contributed by atoms with E-state index in [4.69, 9.17) is 26.8 Å². The average Bonchev–Trinajstić information content (AvgIpc) is 3.06. The molecule has 0 aliphatic carbocycles. The molecule has 0 bridgehead atoms. The molecule has 1 heterocycles. The maximum atomic E-state index is 12.9. The number of carboxylic acid groups (broad SMARTS) is 1. The van der Waals surface area contributed by atoms with Crippen molar-refractivity contribution in [1.29, 1.82) is 0 Å². The van der Waals surface area contributed by atoms with Crippen LogP contribution in [0.4, 0.5) is 0 Å². The van der Waals surface area contributed by atoms with Gasteiger partial charge in [-0.25, -0.2) is 0 Å². The summed E-state index contributed by atoms with van der Waals surface area (Å²) in [5, 5.41) is 8.74. The van der Waals surface area contributed by atoms with Crippen molar-refractivity contribution in [2.24, 2.45) is 0 Å². The Morgan fingerprint density at radius 2 is 1.94 bits per heavy atom. The Morgan fingerprint density at radius 3 is 2.65 bits per heavy atom. The van der Waals surface area contributed by atoms with Crippen LogP contribution in [0.5, 0.6) is 11.5 Å². The lowest BCUT2D eigenvalue weighted by molar-refractivity contribution is -0.137. The third kappa shape index (κ3) is 7.32. The lowest BCUT2D eigenvalue weighted by atomic mass is 10.1. The molecule has 0 atom stereocenters. The number of aliphatic carboxylic acids is 1. The number of carboxylic acids is 1. The highest BCUT2D eigenvalue weighted by atomic mass is 79.9. The minimum Gasteiger partial charge on any atom is -0.490 e. The summed E-state index contributed by atoms with van der Waals surface area (Å²) in [7, 11) is 0. The summed E-state index contributed by atoms with van der Waals surface area (Å²) >= 11 is 10.3. The molecule has 34 heavy (non-hydrogen) atoms. The molecule has 0 saturated carbocycles. The van der Waals surface area contributed by atoms with E-state index >= 15 is 0 Å². The highest BCUT2D eigenvalue weighted by molar-refractivity contribution is 9.10. The second-order valence-corrected chi connectivity index (χ2v) is 10.1. The first-order valence-electron chi connectivity index (χ1n) is 11.0. The smallest absolute Gasteiger partial charge is 0.303 e. The number of nitrogens with zero attached hydrogens (tertiary/aromatic N) is 1. The van der Waals surface area contributed by atoms with Crippen LogP contribution in [0.15, 0.2) is 51.8 Å². The van der Waals surface area contributed by atoms with Gasteiger partial charge in [0.05, 0.1) is 16.0 Å². The molecule has 0 unspecified atom stereocenters. The standard InChI is InChI=1S/C25H26BrNO5S2/c1-2-31-20-14-18(13-19(26)23(20)32-16-17-9-5-3-6-10-17)15-21-24(30)27(25(33)34-21)12-8-4-7-11-22(28)29/h3,5-6,9-10,13-15H,2,4,7-8,11-12,16H2,1H3,(H,28,29)/b21-15-. The molecule has 1 aliphatic rings. The quantitative estimate of drug-likeness (QED) is 0.185. The van der Waals surface area contributed by atoms with Crippen LogP contribution in [-0.4, -0.2) is 39.4 Å². The molecule has 180 valence electrons. The van der Waals surface area contributed by atoms with Gasteiger partial charge < -0.3 is 14.6 Å². The van der Waals surface area contributed by atoms with Gasteiger partial charge in [-0.3, -0.25) is 14.5 Å². The number of carbonyl (C=O) groups is 2. The fourth-order valence-corrected chi connectivity index (χ4v) is 5.25. The van der Waals surface area contributed by atoms with E-state index in [0.717, 1.165) is 22.0 Å². The molecule has 0 spiro atoms. The van der Waals surface area contributed by atoms with Crippen LogP contribution in [0.25, 0.3) is 6.08 Å². The van der Waals surface area contributed by atoms with Crippen LogP contribution in [0.2, 0.25) is 0 Å². The molecular weight excluding hydrogens is 538 g/mol. The zero-order valence-electron chi connectivity index (χ0n) is 18.8. The fourth-order valence-electron chi connectivity index (χ4n) is 3.37. The number of hydrogen-bond acceptors (Lipinski definition) is 6. The number of halogens is 1. The van der Waals surface area contributed by atoms with E-state index in [9.17, 15) is 9.59 Å². The second kappa shape index (κ2) is 12.9. The van der Waals surface area contributed by atoms with E-state index in [1.807, 2.05) is 49.4 Å². The van der Waals surface area contributed by atoms with Crippen molar-refractivity contribution in [1.82, 2.24) is 4.90 Å². The molecule has 3 rings (SSSR count). The number of hydrogen-bond donors (Lipinski definition) is 1. The summed E-state index contributed by atoms with van der Waals surface area (Å²) in [6.07, 6.45) is 3.98. The van der Waals surface area contributed by atoms with Gasteiger partial charge in [0.1, 0.15) is 10.9 Å². The minimum atomic E-state index is -0.803. The normalized spacial score (nSPS) is 14.6. The molecule has 6 nitrogen and oxygen atoms in total. The number of carbonyl (C=O) groups excluding carboxylic acids is 1. The summed E-state index contributed by atoms with van der Waals surface area (Å²) in [5.74, 6) is 0.263. The number of thiocarbonyl (C=S) groups is 1. The molecule has 0 aromatic heterocycles. The van der Waals surface area contributed by atoms with Gasteiger partial charge in [-0.2, -0.15) is 0 Å². The van der Waals surface area contributed by atoms with Gasteiger partial charge >= 0.3 is 5.97 Å². The number of thioether (sulfide) groups is 1. The van der Waals surface area contributed by atoms with E-state index in [1.54, 1.807) is 11.0 Å². The maximum absolute atomic E-state index is 12.9. The van der Waals surface area contributed by atoms with Crippen molar-refractivity contribution >= 4 is 62.2 Å². The number of unbranched alkanes of at least 4 members (excludes halogenated alkanes) is 2. The Labute approximate surface area is 217 Å². The summed E-state index contributed by atoms with van der Waals surface area (Å²) in [6, 6.07) is 13.6. The highest BCUT2D eigenvalue weighted by Crippen LogP contribution is 2.39. The summed E-state index contributed by atoms with van der Waals surface area (Å²) < 4.78 is 13.1. The van der Waals surface area contributed by atoms with Crippen LogP contribution in [0, 0.1) is 0 Å². The summed E-state index contributed by atoms with van der Waals surface area (Å²) in [4.78, 5) is 25.7. The molecule has 1 amide bonds. The van der Waals surface area contributed by atoms with Crippen LogP contribution in [0.3, 0.4) is 0 Å². The molecule has 1 saturated heterocycles. The van der Waals surface area contributed by atoms with Crippen molar-refractivity contribution in [3.63, 3.8) is 0 Å². The van der Waals surface area contributed by atoms with Crippen LogP contribution in [0.1, 0.15) is 43.7 Å². The Bertz CT molecular complexity index is 1070. The second-order valence-electron chi connectivity index (χ2n) is 7.58. The molecule has 1 N–H and O–H groups in total. The number of ether oxygens (including phenoxy) is 2. The van der Waals surface area contributed by atoms with Crippen molar-refractivity contribution in [2.75, 3.05) is 13.2 Å². The molecule has 0 radical (unpaired) electrons. The first-order valence-corrected chi connectivity index (χ1v) is 13.0. The average molecular weight is 565 g/mol. The first kappa shape index (κ1) is 26.2. The summed E-state index contributed by atoms with van der Waals surface area (Å²) in [5.41, 5.74) is 1.84. The Morgan fingerprint density at radius 1 is 1.18 bits per heavy atom. The lowest BCUT2D eigenvalue weighted by Gasteiger charge is -2.15. The molecule has 9 heteroatoms. The topological polar surface area (TPSA) is 76.1 Å². The number of rotatable bonds is 12. The van der Waals surface area contributed by atoms with Crippen LogP contribution >= 0.6 is 39.9 Å². The van der Waals surface area contributed by atoms with Gasteiger partial charge in [0.15, 0.2) is 11.5 Å². The maximum Gasteiger partial charge on any atom is 0.303 e. The van der Waals surface area contributed by atoms with Crippen molar-refractivity contribution < 1.29 is 24.2 Å². The fraction of sp³-hybridized carbons (Fsp3) is 0.320. The predicted octanol–water partition coefficient (Wildman–Crippen LogP) is 6.27. The summed E-state index contributed by atoms with van der Waals surface area (Å²) in [6.45, 7) is 3.27. The Kier molecular flexibility index (Phi) is 9.98. The monoisotopic (exact) mass is 563 g/mol. The predicted molar refractivity (Wildman–Crippen MR) is 142 cm³/mol. The van der Waals surface area contributed by atoms with E-state index in [-0.39, 0.29) is 12.3 Å². The van der Waals surface area contributed by atoms with E-state index in [1.165, 1.54) is 11.8 Å². The Hall–Kier alpha value is -2.36. The van der Waals surface area contributed by atoms with Crippen molar-refractivity contribution in [3.8, 4) is 11.5 Å². The Balaban J connectivity index is 1.71. The minimum absolute atomic E-state index is 0.133. The third-order valence-corrected chi connectivity index (χ3v) is 6.97. The van der Waals surface area contributed by atoms with Gasteiger partial charge in [-0.15, -0.1) is 0 Å². The van der Waals surface area contributed by atoms with Gasteiger partial charge in [-0.1, -0.05) is 60.7 Å². The van der Waals surface area contributed by atoms with Crippen molar-refractivity contribution in [2.45, 2.75) is 39.2 Å². The van der Waals surface area contributed by atoms with Crippen LogP contribution in [-0.2, 0) is 16.2 Å². The SMILES string of the molecule is CCOc1cc(/C=C2\SC(=S)N(CCCCCC(=O)O)C2=O)cc(Br)c1OCc1ccccc1. The zero-order valence-corrected chi connectivity index (χ0v) is 22.0. The van der Waals surface area contributed by atoms with Gasteiger partial charge in [0.25, 0.3) is 5.91 Å². The molecule has 2 aromatic rings. The number of amides is 1. The third-order valence-electron chi connectivity index (χ3n) is 5.00. The molecule has 1 aliphatic heterocycles. The van der Waals surface area contributed by atoms with Crippen LogP contribution < -0.4 is 9.47 Å². The molecule has 2 aromatic carbocycles. The van der Waals surface area contributed by atoms with Gasteiger partial charge in [-0.05, 0) is 65.0 Å². The van der Waals surface area contributed by atoms with Gasteiger partial charge in [0, 0.05) is 13.0 Å². The zero-order chi connectivity index (χ0) is 24.5. The van der Waals surface area contributed by atoms with Gasteiger partial charge in [0.2, 0.25) is 0 Å².